The molecule has 0 fully saturated rings. The third-order valence-electron chi connectivity index (χ3n) is 4.43. The van der Waals surface area contributed by atoms with Crippen molar-refractivity contribution in [2.75, 3.05) is 11.9 Å². The number of benzene rings is 1. The maximum absolute atomic E-state index is 13.6. The number of halogens is 5. The van der Waals surface area contributed by atoms with Gasteiger partial charge in [-0.05, 0) is 49.6 Å². The largest absolute Gasteiger partial charge is 0.418 e. The van der Waals surface area contributed by atoms with Gasteiger partial charge in [-0.25, -0.2) is 4.68 Å². The number of nitrogens with one attached hydrogen (secondary N) is 1. The van der Waals surface area contributed by atoms with Crippen LogP contribution in [0, 0.1) is 0 Å². The zero-order valence-corrected chi connectivity index (χ0v) is 16.2. The standard InChI is InChI=1S/C18H14Cl2F3N3S/c19-10-4-5-13(12(9-10)18(21,22)23)26-17-11(3-1-2-8-24-17)16(25-26)14-6-7-15(20)27-14/h4-7,9,24H,1-3,8H2. The molecule has 3 nitrogen and oxygen atoms in total. The third kappa shape index (κ3) is 3.56. The molecule has 1 aliphatic rings. The van der Waals surface area contributed by atoms with Crippen molar-refractivity contribution < 1.29 is 13.2 Å². The van der Waals surface area contributed by atoms with Gasteiger partial charge in [-0.2, -0.15) is 18.3 Å². The maximum Gasteiger partial charge on any atom is 0.418 e. The van der Waals surface area contributed by atoms with Gasteiger partial charge in [0.05, 0.1) is 20.5 Å². The maximum atomic E-state index is 13.6. The molecular formula is C18H14Cl2F3N3S. The smallest absolute Gasteiger partial charge is 0.370 e. The van der Waals surface area contributed by atoms with E-state index in [0.29, 0.717) is 22.4 Å². The molecule has 0 amide bonds. The first-order valence-corrected chi connectivity index (χ1v) is 9.90. The van der Waals surface area contributed by atoms with Gasteiger partial charge in [-0.1, -0.05) is 23.2 Å². The minimum Gasteiger partial charge on any atom is -0.370 e. The van der Waals surface area contributed by atoms with E-state index in [0.717, 1.165) is 35.8 Å². The molecule has 2 aromatic heterocycles. The highest BCUT2D eigenvalue weighted by Gasteiger charge is 2.36. The van der Waals surface area contributed by atoms with Crippen molar-refractivity contribution >= 4 is 40.4 Å². The van der Waals surface area contributed by atoms with Gasteiger partial charge in [0.2, 0.25) is 0 Å². The zero-order chi connectivity index (χ0) is 19.2. The number of rotatable bonds is 2. The fourth-order valence-corrected chi connectivity index (χ4v) is 4.46. The summed E-state index contributed by atoms with van der Waals surface area (Å²) in [6.07, 6.45) is -1.94. The second-order valence-corrected chi connectivity index (χ2v) is 8.39. The summed E-state index contributed by atoms with van der Waals surface area (Å²) >= 11 is 13.2. The van der Waals surface area contributed by atoms with Crippen LogP contribution in [0.15, 0.2) is 30.3 Å². The molecule has 0 bridgehead atoms. The van der Waals surface area contributed by atoms with Crippen molar-refractivity contribution in [3.8, 4) is 16.3 Å². The van der Waals surface area contributed by atoms with E-state index in [1.54, 1.807) is 6.07 Å². The van der Waals surface area contributed by atoms with Crippen molar-refractivity contribution in [3.63, 3.8) is 0 Å². The summed E-state index contributed by atoms with van der Waals surface area (Å²) in [4.78, 5) is 0.834. The predicted octanol–water partition coefficient (Wildman–Crippen LogP) is 6.67. The molecular weight excluding hydrogens is 418 g/mol. The van der Waals surface area contributed by atoms with Crippen LogP contribution in [-0.2, 0) is 12.6 Å². The van der Waals surface area contributed by atoms with Crippen molar-refractivity contribution in [2.24, 2.45) is 0 Å². The van der Waals surface area contributed by atoms with E-state index < -0.39 is 11.7 Å². The Morgan fingerprint density at radius 2 is 1.93 bits per heavy atom. The monoisotopic (exact) mass is 431 g/mol. The highest BCUT2D eigenvalue weighted by molar-refractivity contribution is 7.19. The Kier molecular flexibility index (Phi) is 4.86. The van der Waals surface area contributed by atoms with Gasteiger partial charge in [0.1, 0.15) is 11.5 Å². The predicted molar refractivity (Wildman–Crippen MR) is 103 cm³/mol. The Morgan fingerprint density at radius 1 is 1.11 bits per heavy atom. The number of thiophene rings is 1. The van der Waals surface area contributed by atoms with Gasteiger partial charge in [0.15, 0.2) is 0 Å². The first kappa shape index (κ1) is 18.7. The summed E-state index contributed by atoms with van der Waals surface area (Å²) in [7, 11) is 0. The molecule has 0 saturated carbocycles. The van der Waals surface area contributed by atoms with Crippen molar-refractivity contribution in [2.45, 2.75) is 25.4 Å². The normalized spacial score (nSPS) is 14.6. The van der Waals surface area contributed by atoms with Crippen molar-refractivity contribution in [1.82, 2.24) is 9.78 Å². The summed E-state index contributed by atoms with van der Waals surface area (Å²) in [6.45, 7) is 0.679. The number of anilines is 1. The first-order valence-electron chi connectivity index (χ1n) is 8.33. The number of nitrogens with zero attached hydrogens (tertiary/aromatic N) is 2. The van der Waals surface area contributed by atoms with E-state index >= 15 is 0 Å². The van der Waals surface area contributed by atoms with E-state index in [1.807, 2.05) is 6.07 Å². The van der Waals surface area contributed by atoms with E-state index in [2.05, 4.69) is 10.4 Å². The molecule has 0 unspecified atom stereocenters. The van der Waals surface area contributed by atoms with Gasteiger partial charge >= 0.3 is 6.18 Å². The zero-order valence-electron chi connectivity index (χ0n) is 13.9. The lowest BCUT2D eigenvalue weighted by Gasteiger charge is -2.16. The molecule has 0 spiro atoms. The highest BCUT2D eigenvalue weighted by atomic mass is 35.5. The number of aromatic nitrogens is 2. The van der Waals surface area contributed by atoms with Crippen molar-refractivity contribution in [3.05, 3.63) is 50.8 Å². The average Bonchev–Trinajstić information content (AvgIpc) is 3.09. The first-order chi connectivity index (χ1) is 12.8. The molecule has 3 aromatic rings. The van der Waals surface area contributed by atoms with Crippen LogP contribution in [0.4, 0.5) is 19.0 Å². The topological polar surface area (TPSA) is 29.9 Å². The third-order valence-corrected chi connectivity index (χ3v) is 5.90. The summed E-state index contributed by atoms with van der Waals surface area (Å²) in [5, 5.41) is 7.84. The second kappa shape index (κ2) is 7.04. The van der Waals surface area contributed by atoms with E-state index in [-0.39, 0.29) is 10.7 Å². The van der Waals surface area contributed by atoms with Crippen LogP contribution in [0.25, 0.3) is 16.3 Å². The van der Waals surface area contributed by atoms with Crippen LogP contribution in [0.5, 0.6) is 0 Å². The summed E-state index contributed by atoms with van der Waals surface area (Å²) in [6, 6.07) is 7.34. The molecule has 9 heteroatoms. The van der Waals surface area contributed by atoms with E-state index in [9.17, 15) is 13.2 Å². The van der Waals surface area contributed by atoms with Crippen LogP contribution in [0.1, 0.15) is 24.0 Å². The number of hydrogen-bond acceptors (Lipinski definition) is 3. The molecule has 0 aliphatic carbocycles. The molecule has 1 aromatic carbocycles. The van der Waals surface area contributed by atoms with Crippen LogP contribution in [0.2, 0.25) is 9.36 Å². The molecule has 0 saturated heterocycles. The van der Waals surface area contributed by atoms with E-state index in [1.165, 1.54) is 28.2 Å². The SMILES string of the molecule is FC(F)(F)c1cc(Cl)ccc1-n1nc(-c2ccc(Cl)s2)c2c1NCCCC2. The Labute approximate surface area is 167 Å². The summed E-state index contributed by atoms with van der Waals surface area (Å²) < 4.78 is 42.8. The lowest BCUT2D eigenvalue weighted by atomic mass is 10.1. The number of fused-ring (bicyclic) bond motifs is 1. The quantitative estimate of drug-likeness (QED) is 0.490. The Bertz CT molecular complexity index is 994. The molecule has 3 heterocycles. The number of alkyl halides is 3. The number of hydrogen-bond donors (Lipinski definition) is 1. The average molecular weight is 432 g/mol. The van der Waals surface area contributed by atoms with Gasteiger partial charge in [-0.15, -0.1) is 11.3 Å². The minimum absolute atomic E-state index is 0.0301. The fourth-order valence-electron chi connectivity index (χ4n) is 3.24. The lowest BCUT2D eigenvalue weighted by Crippen LogP contribution is -2.14. The van der Waals surface area contributed by atoms with Crippen molar-refractivity contribution in [1.29, 1.82) is 0 Å². The summed E-state index contributed by atoms with van der Waals surface area (Å²) in [5.41, 5.74) is 0.710. The lowest BCUT2D eigenvalue weighted by molar-refractivity contribution is -0.137. The van der Waals surface area contributed by atoms with Crippen LogP contribution in [0.3, 0.4) is 0 Å². The van der Waals surface area contributed by atoms with Gasteiger partial charge in [-0.3, -0.25) is 0 Å². The molecule has 142 valence electrons. The Balaban J connectivity index is 1.96. The molecule has 27 heavy (non-hydrogen) atoms. The van der Waals surface area contributed by atoms with Gasteiger partial charge < -0.3 is 5.32 Å². The molecule has 1 aliphatic heterocycles. The molecule has 1 N–H and O–H groups in total. The van der Waals surface area contributed by atoms with Crippen LogP contribution >= 0.6 is 34.5 Å². The van der Waals surface area contributed by atoms with Gasteiger partial charge in [0, 0.05) is 17.1 Å². The van der Waals surface area contributed by atoms with Crippen LogP contribution in [-0.4, -0.2) is 16.3 Å². The Hall–Kier alpha value is -1.70. The molecule has 0 radical (unpaired) electrons. The minimum atomic E-state index is -4.55. The van der Waals surface area contributed by atoms with E-state index in [4.69, 9.17) is 23.2 Å². The molecule has 0 atom stereocenters. The highest BCUT2D eigenvalue weighted by Crippen LogP contribution is 2.41. The van der Waals surface area contributed by atoms with Gasteiger partial charge in [0.25, 0.3) is 0 Å². The Morgan fingerprint density at radius 3 is 2.63 bits per heavy atom. The second-order valence-electron chi connectivity index (χ2n) is 6.23. The fraction of sp³-hybridized carbons (Fsp3) is 0.278. The summed E-state index contributed by atoms with van der Waals surface area (Å²) in [5.74, 6) is 0.597. The van der Waals surface area contributed by atoms with Crippen LogP contribution < -0.4 is 5.32 Å². The molecule has 4 rings (SSSR count).